The van der Waals surface area contributed by atoms with E-state index in [-0.39, 0.29) is 5.56 Å². The Hall–Kier alpha value is -2.77. The van der Waals surface area contributed by atoms with Crippen molar-refractivity contribution in [2.75, 3.05) is 6.54 Å². The van der Waals surface area contributed by atoms with Crippen LogP contribution >= 0.6 is 11.3 Å². The number of nitrogens with one attached hydrogen (secondary N) is 1. The van der Waals surface area contributed by atoms with Crippen molar-refractivity contribution in [3.63, 3.8) is 0 Å². The topological polar surface area (TPSA) is 64.7 Å². The fourth-order valence-electron chi connectivity index (χ4n) is 4.37. The third kappa shape index (κ3) is 4.34. The molecule has 0 saturated carbocycles. The maximum atomic E-state index is 13.2. The number of nitrogens with zero attached hydrogens (tertiary/aromatic N) is 4. The van der Waals surface area contributed by atoms with Gasteiger partial charge < -0.3 is 9.88 Å². The summed E-state index contributed by atoms with van der Waals surface area (Å²) in [6.45, 7) is 4.61. The monoisotopic (exact) mass is 433 g/mol. The average molecular weight is 434 g/mol. The lowest BCUT2D eigenvalue weighted by Crippen LogP contribution is -2.35. The zero-order valence-corrected chi connectivity index (χ0v) is 18.6. The number of aryl methyl sites for hydroxylation is 3. The minimum absolute atomic E-state index is 0.0924. The molecule has 1 atom stereocenters. The first kappa shape index (κ1) is 20.2. The molecule has 31 heavy (non-hydrogen) atoms. The maximum Gasteiger partial charge on any atom is 0.262 e. The van der Waals surface area contributed by atoms with E-state index in [1.165, 1.54) is 16.0 Å². The predicted molar refractivity (Wildman–Crippen MR) is 125 cm³/mol. The van der Waals surface area contributed by atoms with Crippen molar-refractivity contribution in [1.29, 1.82) is 0 Å². The van der Waals surface area contributed by atoms with Gasteiger partial charge in [0.15, 0.2) is 0 Å². The summed E-state index contributed by atoms with van der Waals surface area (Å²) in [5.41, 5.74) is 3.67. The van der Waals surface area contributed by atoms with Gasteiger partial charge in [-0.3, -0.25) is 9.36 Å². The molecule has 0 radical (unpaired) electrons. The van der Waals surface area contributed by atoms with Crippen LogP contribution in [0.2, 0.25) is 0 Å². The molecule has 0 saturated heterocycles. The van der Waals surface area contributed by atoms with E-state index >= 15 is 0 Å². The summed E-state index contributed by atoms with van der Waals surface area (Å²) < 4.78 is 3.86. The molecule has 1 unspecified atom stereocenters. The van der Waals surface area contributed by atoms with E-state index in [0.717, 1.165) is 54.6 Å². The summed E-state index contributed by atoms with van der Waals surface area (Å²) in [4.78, 5) is 24.2. The summed E-state index contributed by atoms with van der Waals surface area (Å²) in [7, 11) is 0. The van der Waals surface area contributed by atoms with Crippen molar-refractivity contribution in [3.05, 3.63) is 81.2 Å². The van der Waals surface area contributed by atoms with Crippen LogP contribution in [0, 0.1) is 6.92 Å². The van der Waals surface area contributed by atoms with Gasteiger partial charge in [-0.15, -0.1) is 11.3 Å². The van der Waals surface area contributed by atoms with Crippen LogP contribution < -0.4 is 10.9 Å². The first-order valence-electron chi connectivity index (χ1n) is 10.9. The molecule has 3 aromatic heterocycles. The van der Waals surface area contributed by atoms with Gasteiger partial charge in [-0.2, -0.15) is 0 Å². The molecule has 5 rings (SSSR count). The third-order valence-electron chi connectivity index (χ3n) is 6.09. The van der Waals surface area contributed by atoms with Crippen LogP contribution in [0.1, 0.15) is 34.4 Å². The molecule has 160 valence electrons. The zero-order valence-electron chi connectivity index (χ0n) is 17.8. The molecule has 0 bridgehead atoms. The smallest absolute Gasteiger partial charge is 0.262 e. The van der Waals surface area contributed by atoms with Crippen molar-refractivity contribution >= 4 is 21.6 Å². The van der Waals surface area contributed by atoms with Crippen LogP contribution in [0.3, 0.4) is 0 Å². The lowest BCUT2D eigenvalue weighted by Gasteiger charge is -2.23. The Bertz CT molecular complexity index is 1220. The molecule has 6 nitrogen and oxygen atoms in total. The fraction of sp³-hybridized carbons (Fsp3) is 0.375. The van der Waals surface area contributed by atoms with Crippen LogP contribution in [-0.4, -0.2) is 31.7 Å². The molecule has 1 aromatic carbocycles. The largest absolute Gasteiger partial charge is 0.337 e. The van der Waals surface area contributed by atoms with Crippen molar-refractivity contribution in [1.82, 2.24) is 24.4 Å². The Morgan fingerprint density at radius 3 is 2.90 bits per heavy atom. The van der Waals surface area contributed by atoms with Crippen molar-refractivity contribution in [2.24, 2.45) is 0 Å². The highest BCUT2D eigenvalue weighted by Gasteiger charge is 2.25. The minimum atomic E-state index is 0.0924. The lowest BCUT2D eigenvalue weighted by atomic mass is 9.93. The van der Waals surface area contributed by atoms with Crippen LogP contribution in [0.15, 0.2) is 54.1 Å². The van der Waals surface area contributed by atoms with Gasteiger partial charge in [0.05, 0.1) is 24.6 Å². The van der Waals surface area contributed by atoms with Crippen LogP contribution in [-0.2, 0) is 25.9 Å². The number of rotatable bonds is 7. The summed E-state index contributed by atoms with van der Waals surface area (Å²) in [6.07, 6.45) is 11.5. The van der Waals surface area contributed by atoms with Gasteiger partial charge in [0.2, 0.25) is 0 Å². The summed E-state index contributed by atoms with van der Waals surface area (Å²) in [5.74, 6) is 0. The second-order valence-corrected chi connectivity index (χ2v) is 9.48. The second-order valence-electron chi connectivity index (χ2n) is 8.40. The standard InChI is InChI=1S/C24H27N5OS/c1-17-3-5-18(6-4-17)14-29-16-27-23-22(24(29)30)20-8-7-19(13-21(20)31-23)26-9-2-11-28-12-10-25-15-28/h3-6,10,12,15-16,19,26H,2,7-9,11,13-14H2,1H3. The number of hydrogen-bond donors (Lipinski definition) is 1. The highest BCUT2D eigenvalue weighted by atomic mass is 32.1. The van der Waals surface area contributed by atoms with Crippen LogP contribution in [0.4, 0.5) is 0 Å². The first-order chi connectivity index (χ1) is 15.2. The summed E-state index contributed by atoms with van der Waals surface area (Å²) in [5, 5.41) is 4.54. The zero-order chi connectivity index (χ0) is 21.2. The lowest BCUT2D eigenvalue weighted by molar-refractivity contribution is 0.449. The van der Waals surface area contributed by atoms with E-state index in [4.69, 9.17) is 0 Å². The Morgan fingerprint density at radius 2 is 2.10 bits per heavy atom. The number of hydrogen-bond acceptors (Lipinski definition) is 5. The van der Waals surface area contributed by atoms with E-state index in [2.05, 4.69) is 51.0 Å². The number of fused-ring (bicyclic) bond motifs is 3. The Balaban J connectivity index is 1.28. The predicted octanol–water partition coefficient (Wildman–Crippen LogP) is 3.55. The van der Waals surface area contributed by atoms with Gasteiger partial charge in [0, 0.05) is 29.9 Å². The number of aromatic nitrogens is 4. The van der Waals surface area contributed by atoms with Crippen LogP contribution in [0.25, 0.3) is 10.2 Å². The molecule has 0 amide bonds. The van der Waals surface area contributed by atoms with Gasteiger partial charge in [0.1, 0.15) is 4.83 Å². The molecule has 0 aliphatic heterocycles. The highest BCUT2D eigenvalue weighted by molar-refractivity contribution is 7.18. The first-order valence-corrected chi connectivity index (χ1v) is 11.7. The molecule has 7 heteroatoms. The van der Waals surface area contributed by atoms with E-state index in [0.29, 0.717) is 12.6 Å². The van der Waals surface area contributed by atoms with E-state index in [1.54, 1.807) is 22.2 Å². The van der Waals surface area contributed by atoms with Gasteiger partial charge in [-0.25, -0.2) is 9.97 Å². The molecule has 0 spiro atoms. The normalized spacial score (nSPS) is 16.0. The molecule has 0 fully saturated rings. The minimum Gasteiger partial charge on any atom is -0.337 e. The molecular formula is C24H27N5OS. The van der Waals surface area contributed by atoms with Crippen molar-refractivity contribution in [3.8, 4) is 0 Å². The maximum absolute atomic E-state index is 13.2. The number of benzene rings is 1. The number of thiophene rings is 1. The van der Waals surface area contributed by atoms with Gasteiger partial charge in [-0.1, -0.05) is 29.8 Å². The van der Waals surface area contributed by atoms with Crippen molar-refractivity contribution in [2.45, 2.75) is 51.7 Å². The Labute approximate surface area is 185 Å². The quantitative estimate of drug-likeness (QED) is 0.453. The number of imidazole rings is 1. The van der Waals surface area contributed by atoms with E-state index in [9.17, 15) is 4.79 Å². The van der Waals surface area contributed by atoms with E-state index in [1.807, 2.05) is 18.7 Å². The van der Waals surface area contributed by atoms with Gasteiger partial charge >= 0.3 is 0 Å². The van der Waals surface area contributed by atoms with E-state index < -0.39 is 0 Å². The molecule has 1 aliphatic carbocycles. The SMILES string of the molecule is Cc1ccc(Cn2cnc3sc4c(c3c2=O)CCC(NCCCn2ccnc2)C4)cc1. The Morgan fingerprint density at radius 1 is 1.23 bits per heavy atom. The Kier molecular flexibility index (Phi) is 5.70. The molecule has 1 N–H and O–H groups in total. The third-order valence-corrected chi connectivity index (χ3v) is 7.26. The highest BCUT2D eigenvalue weighted by Crippen LogP contribution is 2.33. The van der Waals surface area contributed by atoms with Gasteiger partial charge in [0.25, 0.3) is 5.56 Å². The average Bonchev–Trinajstić information content (AvgIpc) is 3.42. The summed E-state index contributed by atoms with van der Waals surface area (Å²) >= 11 is 1.70. The van der Waals surface area contributed by atoms with Crippen LogP contribution in [0.5, 0.6) is 0 Å². The summed E-state index contributed by atoms with van der Waals surface area (Å²) in [6, 6.07) is 8.80. The fourth-order valence-corrected chi connectivity index (χ4v) is 5.62. The molecule has 4 aromatic rings. The molecular weight excluding hydrogens is 406 g/mol. The molecule has 3 heterocycles. The van der Waals surface area contributed by atoms with Crippen molar-refractivity contribution < 1.29 is 0 Å². The van der Waals surface area contributed by atoms with Gasteiger partial charge in [-0.05, 0) is 50.3 Å². The molecule has 1 aliphatic rings. The second kappa shape index (κ2) is 8.77.